The van der Waals surface area contributed by atoms with Crippen LogP contribution in [0.3, 0.4) is 0 Å². The van der Waals surface area contributed by atoms with Gasteiger partial charge in [-0.1, -0.05) is 0 Å². The first-order chi connectivity index (χ1) is 12.2. The van der Waals surface area contributed by atoms with Crippen molar-refractivity contribution in [3.8, 4) is 0 Å². The van der Waals surface area contributed by atoms with Gasteiger partial charge in [-0.05, 0) is 30.5 Å². The Bertz CT molecular complexity index is 713. The first-order valence-electron chi connectivity index (χ1n) is 8.41. The number of carbonyl (C=O) groups is 1. The number of amides is 1. The summed E-state index contributed by atoms with van der Waals surface area (Å²) in [5.74, 6) is -0.0788. The molecule has 1 N–H and O–H groups in total. The maximum atomic E-state index is 12.7. The topological polar surface area (TPSA) is 59.4 Å². The van der Waals surface area contributed by atoms with E-state index in [1.165, 1.54) is 17.5 Å². The van der Waals surface area contributed by atoms with E-state index in [1.807, 2.05) is 31.6 Å². The molecule has 1 fully saturated rings. The summed E-state index contributed by atoms with van der Waals surface area (Å²) < 4.78 is 7.59. The first kappa shape index (κ1) is 18.0. The lowest BCUT2D eigenvalue weighted by Gasteiger charge is -2.35. The van der Waals surface area contributed by atoms with Gasteiger partial charge < -0.3 is 14.6 Å². The lowest BCUT2D eigenvalue weighted by Crippen LogP contribution is -2.44. The smallest absolute Gasteiger partial charge is 0.254 e. The van der Waals surface area contributed by atoms with Crippen molar-refractivity contribution in [1.29, 1.82) is 0 Å². The molecular formula is C18H24N4O2S. The van der Waals surface area contributed by atoms with E-state index in [1.54, 1.807) is 12.3 Å². The van der Waals surface area contributed by atoms with Gasteiger partial charge in [-0.15, -0.1) is 11.8 Å². The van der Waals surface area contributed by atoms with E-state index in [0.29, 0.717) is 12.1 Å². The van der Waals surface area contributed by atoms with Crippen molar-refractivity contribution in [3.63, 3.8) is 0 Å². The largest absolute Gasteiger partial charge is 0.379 e. The highest BCUT2D eigenvalue weighted by Gasteiger charge is 2.25. The number of pyridine rings is 1. The van der Waals surface area contributed by atoms with Crippen molar-refractivity contribution in [3.05, 3.63) is 47.9 Å². The molecule has 6 nitrogen and oxygen atoms in total. The van der Waals surface area contributed by atoms with Crippen molar-refractivity contribution >= 4 is 17.7 Å². The summed E-state index contributed by atoms with van der Waals surface area (Å²) >= 11 is 1.48. The maximum Gasteiger partial charge on any atom is 0.254 e. The maximum absolute atomic E-state index is 12.7. The van der Waals surface area contributed by atoms with Gasteiger partial charge in [0, 0.05) is 44.8 Å². The molecule has 0 aromatic carbocycles. The Kier molecular flexibility index (Phi) is 6.12. The first-order valence-corrected chi connectivity index (χ1v) is 9.63. The molecular weight excluding hydrogens is 336 g/mol. The van der Waals surface area contributed by atoms with Crippen molar-refractivity contribution in [2.24, 2.45) is 7.05 Å². The molecule has 3 heterocycles. The van der Waals surface area contributed by atoms with Gasteiger partial charge in [-0.2, -0.15) is 0 Å². The van der Waals surface area contributed by atoms with Gasteiger partial charge in [0.05, 0.1) is 24.8 Å². The van der Waals surface area contributed by atoms with Gasteiger partial charge in [0.25, 0.3) is 5.91 Å². The summed E-state index contributed by atoms with van der Waals surface area (Å²) in [4.78, 5) is 19.3. The number of nitrogens with one attached hydrogen (secondary N) is 1. The molecule has 0 bridgehead atoms. The predicted molar refractivity (Wildman–Crippen MR) is 98.9 cm³/mol. The van der Waals surface area contributed by atoms with Crippen molar-refractivity contribution in [1.82, 2.24) is 19.8 Å². The Hall–Kier alpha value is -1.83. The third kappa shape index (κ3) is 4.23. The van der Waals surface area contributed by atoms with Crippen LogP contribution in [0.1, 0.15) is 22.1 Å². The molecule has 1 saturated heterocycles. The number of thioether (sulfide) groups is 1. The zero-order valence-corrected chi connectivity index (χ0v) is 15.5. The zero-order chi connectivity index (χ0) is 17.6. The van der Waals surface area contributed by atoms with Crippen LogP contribution in [0.4, 0.5) is 0 Å². The zero-order valence-electron chi connectivity index (χ0n) is 14.6. The Morgan fingerprint density at radius 3 is 2.84 bits per heavy atom. The predicted octanol–water partition coefficient (Wildman–Crippen LogP) is 1.95. The van der Waals surface area contributed by atoms with E-state index in [2.05, 4.69) is 25.8 Å². The molecule has 2 aromatic heterocycles. The Morgan fingerprint density at radius 1 is 1.36 bits per heavy atom. The van der Waals surface area contributed by atoms with Crippen LogP contribution in [0, 0.1) is 0 Å². The molecule has 3 rings (SSSR count). The van der Waals surface area contributed by atoms with Crippen LogP contribution in [-0.2, 0) is 11.8 Å². The molecule has 1 aliphatic rings. The minimum absolute atomic E-state index is 0.0788. The number of nitrogens with zero attached hydrogens (tertiary/aromatic N) is 3. The monoisotopic (exact) mass is 360 g/mol. The van der Waals surface area contributed by atoms with Crippen LogP contribution in [-0.4, -0.2) is 59.5 Å². The standard InChI is InChI=1S/C18H24N4O2S/c1-21-8-4-6-15(21)16(22-9-11-24-12-10-22)13-20-17(23)14-5-3-7-19-18(14)25-2/h3-8,16H,9-13H2,1-2H3,(H,20,23). The van der Waals surface area contributed by atoms with Crippen molar-refractivity contribution < 1.29 is 9.53 Å². The highest BCUT2D eigenvalue weighted by molar-refractivity contribution is 7.98. The normalized spacial score (nSPS) is 16.6. The van der Waals surface area contributed by atoms with Crippen LogP contribution in [0.15, 0.2) is 41.7 Å². The average molecular weight is 360 g/mol. The van der Waals surface area contributed by atoms with Crippen LogP contribution < -0.4 is 5.32 Å². The fraction of sp³-hybridized carbons (Fsp3) is 0.444. The highest BCUT2D eigenvalue weighted by atomic mass is 32.2. The molecule has 134 valence electrons. The Labute approximate surface area is 152 Å². The average Bonchev–Trinajstić information content (AvgIpc) is 3.08. The van der Waals surface area contributed by atoms with E-state index in [9.17, 15) is 4.79 Å². The summed E-state index contributed by atoms with van der Waals surface area (Å²) in [6.07, 6.45) is 5.68. The number of aryl methyl sites for hydroxylation is 1. The molecule has 0 saturated carbocycles. The summed E-state index contributed by atoms with van der Waals surface area (Å²) in [6.45, 7) is 3.75. The van der Waals surface area contributed by atoms with E-state index >= 15 is 0 Å². The number of ether oxygens (including phenoxy) is 1. The number of hydrogen-bond acceptors (Lipinski definition) is 5. The van der Waals surface area contributed by atoms with E-state index in [4.69, 9.17) is 4.74 Å². The van der Waals surface area contributed by atoms with E-state index in [-0.39, 0.29) is 11.9 Å². The number of aromatic nitrogens is 2. The second-order valence-electron chi connectivity index (χ2n) is 5.98. The van der Waals surface area contributed by atoms with E-state index < -0.39 is 0 Å². The summed E-state index contributed by atoms with van der Waals surface area (Å²) in [5.41, 5.74) is 1.82. The van der Waals surface area contributed by atoms with Crippen LogP contribution in [0.5, 0.6) is 0 Å². The third-order valence-electron chi connectivity index (χ3n) is 4.48. The van der Waals surface area contributed by atoms with Gasteiger partial charge in [-0.25, -0.2) is 4.98 Å². The molecule has 1 amide bonds. The summed E-state index contributed by atoms with van der Waals surface area (Å²) in [5, 5.41) is 3.85. The molecule has 0 radical (unpaired) electrons. The van der Waals surface area contributed by atoms with Gasteiger partial charge in [0.1, 0.15) is 5.03 Å². The van der Waals surface area contributed by atoms with E-state index in [0.717, 1.165) is 31.3 Å². The number of rotatable bonds is 6. The van der Waals surface area contributed by atoms with Crippen molar-refractivity contribution in [2.45, 2.75) is 11.1 Å². The fourth-order valence-corrected chi connectivity index (χ4v) is 3.69. The lowest BCUT2D eigenvalue weighted by molar-refractivity contribution is 0.0148. The lowest BCUT2D eigenvalue weighted by atomic mass is 10.1. The number of morpholine rings is 1. The van der Waals surface area contributed by atoms with Crippen LogP contribution in [0.25, 0.3) is 0 Å². The second kappa shape index (κ2) is 8.51. The molecule has 0 aliphatic carbocycles. The number of carbonyl (C=O) groups excluding carboxylic acids is 1. The molecule has 1 unspecified atom stereocenters. The molecule has 0 spiro atoms. The summed E-state index contributed by atoms with van der Waals surface area (Å²) in [6, 6.07) is 7.90. The fourth-order valence-electron chi connectivity index (χ4n) is 3.14. The van der Waals surface area contributed by atoms with Crippen LogP contribution >= 0.6 is 11.8 Å². The Balaban J connectivity index is 1.74. The molecule has 7 heteroatoms. The van der Waals surface area contributed by atoms with Gasteiger partial charge in [0.2, 0.25) is 0 Å². The third-order valence-corrected chi connectivity index (χ3v) is 5.19. The van der Waals surface area contributed by atoms with Gasteiger partial charge in [-0.3, -0.25) is 9.69 Å². The molecule has 2 aromatic rings. The summed E-state index contributed by atoms with van der Waals surface area (Å²) in [7, 11) is 2.04. The quantitative estimate of drug-likeness (QED) is 0.798. The van der Waals surface area contributed by atoms with Crippen LogP contribution in [0.2, 0.25) is 0 Å². The van der Waals surface area contributed by atoms with Crippen molar-refractivity contribution in [2.75, 3.05) is 39.1 Å². The second-order valence-corrected chi connectivity index (χ2v) is 6.77. The minimum atomic E-state index is -0.0788. The molecule has 1 aliphatic heterocycles. The van der Waals surface area contributed by atoms with Gasteiger partial charge in [0.15, 0.2) is 0 Å². The molecule has 25 heavy (non-hydrogen) atoms. The Morgan fingerprint density at radius 2 is 2.16 bits per heavy atom. The van der Waals surface area contributed by atoms with Gasteiger partial charge >= 0.3 is 0 Å². The molecule has 1 atom stereocenters. The number of hydrogen-bond donors (Lipinski definition) is 1. The SMILES string of the molecule is CSc1ncccc1C(=O)NCC(c1cccn1C)N1CCOCC1. The highest BCUT2D eigenvalue weighted by Crippen LogP contribution is 2.22. The minimum Gasteiger partial charge on any atom is -0.379 e.